The maximum Gasteiger partial charge on any atom is -0.0228 e. The van der Waals surface area contributed by atoms with Gasteiger partial charge in [0.05, 0.1) is 0 Å². The van der Waals surface area contributed by atoms with Gasteiger partial charge >= 0.3 is 0 Å². The number of allylic oxidation sites excluding steroid dienone is 2. The van der Waals surface area contributed by atoms with Crippen LogP contribution in [-0.2, 0) is 0 Å². The van der Waals surface area contributed by atoms with Gasteiger partial charge in [-0.25, -0.2) is 0 Å². The number of rotatable bonds is 1. The second-order valence-corrected chi connectivity index (χ2v) is 6.43. The first kappa shape index (κ1) is 12.4. The van der Waals surface area contributed by atoms with Crippen LogP contribution in [0.1, 0.15) is 51.2 Å². The Morgan fingerprint density at radius 1 is 1.06 bits per heavy atom. The molecular weight excluding hydrogens is 204 g/mol. The Labute approximate surface area is 106 Å². The minimum Gasteiger partial charge on any atom is -0.0804 e. The lowest BCUT2D eigenvalue weighted by atomic mass is 9.72. The van der Waals surface area contributed by atoms with Gasteiger partial charge in [-0.05, 0) is 48.7 Å². The highest BCUT2D eigenvalue weighted by Gasteiger charge is 2.26. The van der Waals surface area contributed by atoms with Gasteiger partial charge in [0.2, 0.25) is 0 Å². The molecule has 1 aliphatic rings. The third-order valence-electron chi connectivity index (χ3n) is 4.06. The van der Waals surface area contributed by atoms with Crippen LogP contribution in [-0.4, -0.2) is 0 Å². The van der Waals surface area contributed by atoms with Crippen molar-refractivity contribution < 1.29 is 0 Å². The Kier molecular flexibility index (Phi) is 3.42. The van der Waals surface area contributed by atoms with Gasteiger partial charge in [0, 0.05) is 0 Å². The fourth-order valence-corrected chi connectivity index (χ4v) is 2.65. The normalized spacial score (nSPS) is 21.2. The van der Waals surface area contributed by atoms with E-state index in [0.29, 0.717) is 5.41 Å². The minimum absolute atomic E-state index is 0.454. The molecule has 0 heterocycles. The lowest BCUT2D eigenvalue weighted by molar-refractivity contribution is 0.225. The highest BCUT2D eigenvalue weighted by atomic mass is 14.3. The van der Waals surface area contributed by atoms with E-state index in [1.54, 1.807) is 5.57 Å². The quantitative estimate of drug-likeness (QED) is 0.618. The van der Waals surface area contributed by atoms with Crippen LogP contribution in [0.4, 0.5) is 0 Å². The fraction of sp³-hybridized carbons (Fsp3) is 0.529. The first-order chi connectivity index (χ1) is 7.97. The van der Waals surface area contributed by atoms with E-state index in [4.69, 9.17) is 0 Å². The molecule has 0 amide bonds. The Morgan fingerprint density at radius 3 is 2.18 bits per heavy atom. The van der Waals surface area contributed by atoms with Gasteiger partial charge in [0.15, 0.2) is 0 Å². The SMILES string of the molecule is Cc1ccc(C2=CC[C@H](C(C)(C)C)CC2)cc1. The van der Waals surface area contributed by atoms with Crippen LogP contribution in [0.2, 0.25) is 0 Å². The molecule has 92 valence electrons. The molecule has 0 bridgehead atoms. The number of hydrogen-bond acceptors (Lipinski definition) is 0. The Morgan fingerprint density at radius 2 is 1.71 bits per heavy atom. The van der Waals surface area contributed by atoms with Crippen LogP contribution >= 0.6 is 0 Å². The van der Waals surface area contributed by atoms with Crippen molar-refractivity contribution in [1.82, 2.24) is 0 Å². The monoisotopic (exact) mass is 228 g/mol. The molecule has 0 aliphatic heterocycles. The summed E-state index contributed by atoms with van der Waals surface area (Å²) < 4.78 is 0. The van der Waals surface area contributed by atoms with Gasteiger partial charge < -0.3 is 0 Å². The molecule has 0 saturated heterocycles. The molecule has 0 N–H and O–H groups in total. The zero-order valence-electron chi connectivity index (χ0n) is 11.6. The van der Waals surface area contributed by atoms with Crippen molar-refractivity contribution in [3.05, 3.63) is 41.5 Å². The molecule has 2 rings (SSSR count). The molecule has 0 unspecified atom stereocenters. The first-order valence-electron chi connectivity index (χ1n) is 6.73. The minimum atomic E-state index is 0.454. The molecule has 0 aromatic heterocycles. The molecule has 0 heteroatoms. The van der Waals surface area contributed by atoms with E-state index in [1.807, 2.05) is 0 Å². The Hall–Kier alpha value is -1.04. The first-order valence-corrected chi connectivity index (χ1v) is 6.73. The number of aryl methyl sites for hydroxylation is 1. The lowest BCUT2D eigenvalue weighted by Gasteiger charge is -2.33. The van der Waals surface area contributed by atoms with Gasteiger partial charge in [0.1, 0.15) is 0 Å². The van der Waals surface area contributed by atoms with Crippen LogP contribution < -0.4 is 0 Å². The summed E-state index contributed by atoms with van der Waals surface area (Å²) in [5.74, 6) is 0.844. The maximum absolute atomic E-state index is 2.46. The standard InChI is InChI=1S/C17H24/c1-13-5-7-14(8-6-13)15-9-11-16(12-10-15)17(2,3)4/h5-9,16H,10-12H2,1-4H3/t16-/m0/s1. The van der Waals surface area contributed by atoms with E-state index in [0.717, 1.165) is 5.92 Å². The van der Waals surface area contributed by atoms with E-state index < -0.39 is 0 Å². The predicted octanol–water partition coefficient (Wildman–Crippen LogP) is 5.22. The van der Waals surface area contributed by atoms with Gasteiger partial charge in [-0.2, -0.15) is 0 Å². The van der Waals surface area contributed by atoms with Crippen molar-refractivity contribution in [2.45, 2.75) is 47.0 Å². The molecule has 0 spiro atoms. The highest BCUT2D eigenvalue weighted by Crippen LogP contribution is 2.39. The van der Waals surface area contributed by atoms with Gasteiger partial charge in [-0.3, -0.25) is 0 Å². The van der Waals surface area contributed by atoms with Crippen LogP contribution in [0.25, 0.3) is 5.57 Å². The fourth-order valence-electron chi connectivity index (χ4n) is 2.65. The summed E-state index contributed by atoms with van der Waals surface area (Å²) in [6.07, 6.45) is 6.28. The van der Waals surface area contributed by atoms with E-state index in [-0.39, 0.29) is 0 Å². The Bertz CT molecular complexity index is 401. The lowest BCUT2D eigenvalue weighted by Crippen LogP contribution is -2.21. The number of benzene rings is 1. The van der Waals surface area contributed by atoms with Crippen molar-refractivity contribution >= 4 is 5.57 Å². The van der Waals surface area contributed by atoms with Crippen LogP contribution in [0.15, 0.2) is 30.3 Å². The van der Waals surface area contributed by atoms with Gasteiger partial charge in [-0.1, -0.05) is 56.7 Å². The maximum atomic E-state index is 2.46. The molecule has 0 radical (unpaired) electrons. The topological polar surface area (TPSA) is 0 Å². The van der Waals surface area contributed by atoms with E-state index in [9.17, 15) is 0 Å². The highest BCUT2D eigenvalue weighted by molar-refractivity contribution is 5.66. The summed E-state index contributed by atoms with van der Waals surface area (Å²) >= 11 is 0. The molecule has 0 saturated carbocycles. The molecule has 0 fully saturated rings. The van der Waals surface area contributed by atoms with E-state index in [1.165, 1.54) is 30.4 Å². The molecule has 0 nitrogen and oxygen atoms in total. The average Bonchev–Trinajstić information content (AvgIpc) is 2.29. The molecule has 17 heavy (non-hydrogen) atoms. The summed E-state index contributed by atoms with van der Waals surface area (Å²) in [5.41, 5.74) is 4.76. The molecular formula is C17H24. The zero-order valence-corrected chi connectivity index (χ0v) is 11.6. The Balaban J connectivity index is 2.11. The summed E-state index contributed by atoms with van der Waals surface area (Å²) in [5, 5.41) is 0. The predicted molar refractivity (Wildman–Crippen MR) is 76.0 cm³/mol. The van der Waals surface area contributed by atoms with Crippen LogP contribution in [0.3, 0.4) is 0 Å². The second kappa shape index (κ2) is 4.68. The van der Waals surface area contributed by atoms with Crippen molar-refractivity contribution in [2.24, 2.45) is 11.3 Å². The van der Waals surface area contributed by atoms with Crippen molar-refractivity contribution in [1.29, 1.82) is 0 Å². The second-order valence-electron chi connectivity index (χ2n) is 6.43. The summed E-state index contributed by atoms with van der Waals surface area (Å²) in [6, 6.07) is 8.95. The third kappa shape index (κ3) is 3.00. The van der Waals surface area contributed by atoms with Gasteiger partial charge in [0.25, 0.3) is 0 Å². The van der Waals surface area contributed by atoms with Crippen LogP contribution in [0.5, 0.6) is 0 Å². The smallest absolute Gasteiger partial charge is 0.0228 e. The molecule has 1 aromatic carbocycles. The molecule has 1 aromatic rings. The van der Waals surface area contributed by atoms with E-state index >= 15 is 0 Å². The van der Waals surface area contributed by atoms with Crippen LogP contribution in [0, 0.1) is 18.3 Å². The van der Waals surface area contributed by atoms with Crippen molar-refractivity contribution in [3.63, 3.8) is 0 Å². The molecule has 1 aliphatic carbocycles. The third-order valence-corrected chi connectivity index (χ3v) is 4.06. The average molecular weight is 228 g/mol. The molecule has 1 atom stereocenters. The van der Waals surface area contributed by atoms with Crippen molar-refractivity contribution in [3.8, 4) is 0 Å². The largest absolute Gasteiger partial charge is 0.0804 e. The van der Waals surface area contributed by atoms with Crippen molar-refractivity contribution in [2.75, 3.05) is 0 Å². The zero-order chi connectivity index (χ0) is 12.5. The van der Waals surface area contributed by atoms with E-state index in [2.05, 4.69) is 58.0 Å². The van der Waals surface area contributed by atoms with Gasteiger partial charge in [-0.15, -0.1) is 0 Å². The summed E-state index contributed by atoms with van der Waals surface area (Å²) in [7, 11) is 0. The number of hydrogen-bond donors (Lipinski definition) is 0. The summed E-state index contributed by atoms with van der Waals surface area (Å²) in [4.78, 5) is 0. The summed E-state index contributed by atoms with van der Waals surface area (Å²) in [6.45, 7) is 9.24.